The zero-order valence-corrected chi connectivity index (χ0v) is 29.8. The maximum absolute atomic E-state index is 11.1. The van der Waals surface area contributed by atoms with Crippen LogP contribution in [0.2, 0.25) is 0 Å². The molecule has 0 saturated heterocycles. The van der Waals surface area contributed by atoms with Crippen LogP contribution in [0.4, 0.5) is 34.1 Å². The highest BCUT2D eigenvalue weighted by Crippen LogP contribution is 2.35. The molecule has 5 rings (SSSR count). The number of benzene rings is 5. The summed E-state index contributed by atoms with van der Waals surface area (Å²) in [6.45, 7) is 8.46. The fourth-order valence-corrected chi connectivity index (χ4v) is 4.84. The summed E-state index contributed by atoms with van der Waals surface area (Å²) in [4.78, 5) is 22.1. The molecular formula is C42H40N6O6. The molecule has 0 aromatic heterocycles. The summed E-state index contributed by atoms with van der Waals surface area (Å²) in [5.41, 5.74) is 4.13. The van der Waals surface area contributed by atoms with Crippen LogP contribution in [0.25, 0.3) is 10.8 Å². The molecule has 0 heterocycles. The van der Waals surface area contributed by atoms with Gasteiger partial charge in [0.2, 0.25) is 0 Å². The maximum Gasteiger partial charge on any atom is 0.330 e. The third-order valence-corrected chi connectivity index (χ3v) is 7.67. The molecule has 0 N–H and O–H groups in total. The van der Waals surface area contributed by atoms with E-state index < -0.39 is 11.9 Å². The van der Waals surface area contributed by atoms with Gasteiger partial charge in [-0.25, -0.2) is 9.59 Å². The van der Waals surface area contributed by atoms with E-state index in [1.165, 1.54) is 0 Å². The lowest BCUT2D eigenvalue weighted by Gasteiger charge is -2.06. The van der Waals surface area contributed by atoms with Gasteiger partial charge in [0.15, 0.2) is 0 Å². The van der Waals surface area contributed by atoms with Gasteiger partial charge in [0.05, 0.1) is 60.6 Å². The fourth-order valence-electron chi connectivity index (χ4n) is 4.84. The van der Waals surface area contributed by atoms with Gasteiger partial charge < -0.3 is 18.9 Å². The number of hydrogen-bond acceptors (Lipinski definition) is 12. The molecule has 0 radical (unpaired) electrons. The quantitative estimate of drug-likeness (QED) is 0.0338. The Morgan fingerprint density at radius 1 is 0.444 bits per heavy atom. The third kappa shape index (κ3) is 12.4. The largest absolute Gasteiger partial charge is 0.494 e. The molecule has 5 aromatic carbocycles. The SMILES string of the molecule is C=CC(=O)OCCCCOc1ccc(N=Nc2ccc(N=Nc3ccc(N=Nc4ccc(OCCCCOC(=O)C=C)cc4)c4ccccc34)cc2)cc1. The van der Waals surface area contributed by atoms with Crippen molar-refractivity contribution in [3.63, 3.8) is 0 Å². The van der Waals surface area contributed by atoms with Gasteiger partial charge in [0, 0.05) is 22.9 Å². The molecule has 54 heavy (non-hydrogen) atoms. The molecule has 0 saturated carbocycles. The van der Waals surface area contributed by atoms with E-state index in [9.17, 15) is 9.59 Å². The van der Waals surface area contributed by atoms with E-state index in [-0.39, 0.29) is 0 Å². The molecule has 0 aliphatic carbocycles. The summed E-state index contributed by atoms with van der Waals surface area (Å²) in [6.07, 6.45) is 5.24. The van der Waals surface area contributed by atoms with Crippen molar-refractivity contribution in [3.05, 3.63) is 135 Å². The van der Waals surface area contributed by atoms with Crippen molar-refractivity contribution < 1.29 is 28.5 Å². The van der Waals surface area contributed by atoms with Crippen LogP contribution in [0, 0.1) is 0 Å². The van der Waals surface area contributed by atoms with Gasteiger partial charge in [-0.15, -0.1) is 10.2 Å². The molecule has 274 valence electrons. The van der Waals surface area contributed by atoms with Crippen molar-refractivity contribution in [1.29, 1.82) is 0 Å². The number of ether oxygens (including phenoxy) is 4. The lowest BCUT2D eigenvalue weighted by molar-refractivity contribution is -0.138. The molecule has 0 fully saturated rings. The average molecular weight is 725 g/mol. The molecule has 0 bridgehead atoms. The predicted octanol–water partition coefficient (Wildman–Crippen LogP) is 11.9. The van der Waals surface area contributed by atoms with Crippen LogP contribution in [0.1, 0.15) is 25.7 Å². The Labute approximate surface area is 313 Å². The van der Waals surface area contributed by atoms with Crippen LogP contribution in [0.3, 0.4) is 0 Å². The van der Waals surface area contributed by atoms with Crippen LogP contribution >= 0.6 is 0 Å². The normalized spacial score (nSPS) is 11.3. The smallest absolute Gasteiger partial charge is 0.330 e. The number of azo groups is 3. The van der Waals surface area contributed by atoms with Crippen LogP contribution in [-0.2, 0) is 19.1 Å². The maximum atomic E-state index is 11.1. The first-order chi connectivity index (χ1) is 26.5. The monoisotopic (exact) mass is 724 g/mol. The summed E-state index contributed by atoms with van der Waals surface area (Å²) in [5.74, 6) is 0.613. The number of carbonyl (C=O) groups is 2. The molecular weight excluding hydrogens is 684 g/mol. The van der Waals surface area contributed by atoms with Gasteiger partial charge in [0.25, 0.3) is 0 Å². The van der Waals surface area contributed by atoms with Crippen LogP contribution in [0.15, 0.2) is 165 Å². The van der Waals surface area contributed by atoms with Crippen LogP contribution in [-0.4, -0.2) is 38.4 Å². The molecule has 5 aromatic rings. The van der Waals surface area contributed by atoms with Gasteiger partial charge in [-0.05, 0) is 111 Å². The summed E-state index contributed by atoms with van der Waals surface area (Å²) < 4.78 is 21.4. The third-order valence-electron chi connectivity index (χ3n) is 7.67. The van der Waals surface area contributed by atoms with Gasteiger partial charge >= 0.3 is 11.9 Å². The molecule has 0 unspecified atom stereocenters. The Morgan fingerprint density at radius 2 is 0.778 bits per heavy atom. The number of esters is 2. The molecule has 0 aliphatic rings. The molecule has 12 heteroatoms. The zero-order valence-electron chi connectivity index (χ0n) is 29.8. The molecule has 0 spiro atoms. The van der Waals surface area contributed by atoms with Crippen molar-refractivity contribution >= 4 is 56.8 Å². The Bertz CT molecular complexity index is 2100. The first-order valence-electron chi connectivity index (χ1n) is 17.4. The Kier molecular flexibility index (Phi) is 14.9. The van der Waals surface area contributed by atoms with Crippen LogP contribution in [0.5, 0.6) is 11.5 Å². The van der Waals surface area contributed by atoms with Crippen molar-refractivity contribution in [2.24, 2.45) is 30.7 Å². The van der Waals surface area contributed by atoms with Gasteiger partial charge in [-0.3, -0.25) is 0 Å². The van der Waals surface area contributed by atoms with E-state index in [0.717, 1.165) is 47.3 Å². The second-order valence-corrected chi connectivity index (χ2v) is 11.6. The predicted molar refractivity (Wildman–Crippen MR) is 208 cm³/mol. The van der Waals surface area contributed by atoms with E-state index >= 15 is 0 Å². The van der Waals surface area contributed by atoms with E-state index in [0.29, 0.717) is 73.4 Å². The minimum absolute atomic E-state index is 0.341. The zero-order chi connectivity index (χ0) is 37.8. The number of hydrogen-bond donors (Lipinski definition) is 0. The Hall–Kier alpha value is -6.82. The minimum atomic E-state index is -0.418. The van der Waals surface area contributed by atoms with E-state index in [1.54, 1.807) is 0 Å². The fraction of sp³-hybridized carbons (Fsp3) is 0.190. The molecule has 12 nitrogen and oxygen atoms in total. The summed E-state index contributed by atoms with van der Waals surface area (Å²) in [5, 5.41) is 28.4. The first-order valence-corrected chi connectivity index (χ1v) is 17.4. The average Bonchev–Trinajstić information content (AvgIpc) is 3.22. The number of carbonyl (C=O) groups excluding carboxylic acids is 2. The van der Waals surface area contributed by atoms with E-state index in [2.05, 4.69) is 43.8 Å². The number of rotatable bonds is 20. The molecule has 0 atom stereocenters. The van der Waals surface area contributed by atoms with Crippen LogP contribution < -0.4 is 9.47 Å². The minimum Gasteiger partial charge on any atom is -0.494 e. The summed E-state index contributed by atoms with van der Waals surface area (Å²) >= 11 is 0. The lowest BCUT2D eigenvalue weighted by atomic mass is 10.1. The number of fused-ring (bicyclic) bond motifs is 1. The number of unbranched alkanes of at least 4 members (excludes halogenated alkanes) is 2. The van der Waals surface area contributed by atoms with E-state index in [1.807, 2.05) is 109 Å². The van der Waals surface area contributed by atoms with Crippen molar-refractivity contribution in [2.75, 3.05) is 26.4 Å². The number of nitrogens with zero attached hydrogens (tertiary/aromatic N) is 6. The van der Waals surface area contributed by atoms with Crippen molar-refractivity contribution in [1.82, 2.24) is 0 Å². The Balaban J connectivity index is 1.11. The standard InChI is InChI=1S/C42H40N6O6/c1-3-41(49)53-29-9-7-27-51-35-21-17-33(18-22-35)44-43-31-13-15-32(16-14-31)45-47-39-25-26-40(38-12-6-5-11-37(38)39)48-46-34-19-23-36(24-20-34)52-28-8-10-30-54-42(50)4-2/h3-6,11-26H,1-2,7-10,27-30H2. The van der Waals surface area contributed by atoms with Gasteiger partial charge in [-0.2, -0.15) is 20.5 Å². The second-order valence-electron chi connectivity index (χ2n) is 11.6. The highest BCUT2D eigenvalue weighted by atomic mass is 16.5. The van der Waals surface area contributed by atoms with E-state index in [4.69, 9.17) is 18.9 Å². The van der Waals surface area contributed by atoms with Crippen molar-refractivity contribution in [2.45, 2.75) is 25.7 Å². The summed E-state index contributed by atoms with van der Waals surface area (Å²) in [7, 11) is 0. The Morgan fingerprint density at radius 3 is 1.15 bits per heavy atom. The van der Waals surface area contributed by atoms with Crippen molar-refractivity contribution in [3.8, 4) is 11.5 Å². The second kappa shape index (κ2) is 20.9. The highest BCUT2D eigenvalue weighted by Gasteiger charge is 2.06. The highest BCUT2D eigenvalue weighted by molar-refractivity contribution is 5.99. The summed E-state index contributed by atoms with van der Waals surface area (Å²) in [6, 6.07) is 33.6. The molecule has 0 aliphatic heterocycles. The van der Waals surface area contributed by atoms with Gasteiger partial charge in [-0.1, -0.05) is 37.4 Å². The first kappa shape index (κ1) is 38.4. The van der Waals surface area contributed by atoms with Gasteiger partial charge in [0.1, 0.15) is 11.5 Å². The molecule has 0 amide bonds. The topological polar surface area (TPSA) is 145 Å². The lowest BCUT2D eigenvalue weighted by Crippen LogP contribution is -2.04.